The van der Waals surface area contributed by atoms with Gasteiger partial charge in [-0.2, -0.15) is 0 Å². The fraction of sp³-hybridized carbons (Fsp3) is 0.0323. The van der Waals surface area contributed by atoms with E-state index >= 15 is 0 Å². The number of rotatable bonds is 2. The zero-order chi connectivity index (χ0) is 23.5. The quantitative estimate of drug-likeness (QED) is 0.258. The van der Waals surface area contributed by atoms with Gasteiger partial charge in [0.05, 0.1) is 0 Å². The van der Waals surface area contributed by atoms with Crippen LogP contribution in [0.3, 0.4) is 0 Å². The number of hydrogen-bond acceptors (Lipinski definition) is 3. The van der Waals surface area contributed by atoms with Crippen LogP contribution >= 0.6 is 0 Å². The van der Waals surface area contributed by atoms with Crippen LogP contribution in [0.5, 0.6) is 17.2 Å². The van der Waals surface area contributed by atoms with Gasteiger partial charge >= 0.3 is 0 Å². The molecule has 6 aromatic carbocycles. The van der Waals surface area contributed by atoms with E-state index in [1.807, 2.05) is 97.1 Å². The van der Waals surface area contributed by atoms with Gasteiger partial charge in [0.2, 0.25) is 0 Å². The summed E-state index contributed by atoms with van der Waals surface area (Å²) < 4.78 is 0. The van der Waals surface area contributed by atoms with Crippen molar-refractivity contribution < 1.29 is 15.3 Å². The zero-order valence-corrected chi connectivity index (χ0v) is 18.5. The van der Waals surface area contributed by atoms with Crippen LogP contribution in [-0.4, -0.2) is 15.3 Å². The van der Waals surface area contributed by atoms with E-state index in [4.69, 9.17) is 0 Å². The Balaban J connectivity index is 0.000000183. The van der Waals surface area contributed by atoms with Crippen LogP contribution in [0.1, 0.15) is 11.1 Å². The topological polar surface area (TPSA) is 60.7 Å². The van der Waals surface area contributed by atoms with Crippen LogP contribution in [0.2, 0.25) is 0 Å². The molecule has 3 heteroatoms. The first-order chi connectivity index (χ1) is 16.6. The molecule has 166 valence electrons. The van der Waals surface area contributed by atoms with Crippen molar-refractivity contribution in [2.45, 2.75) is 6.42 Å². The van der Waals surface area contributed by atoms with Crippen LogP contribution in [0, 0.1) is 0 Å². The summed E-state index contributed by atoms with van der Waals surface area (Å²) in [6, 6.07) is 36.5. The van der Waals surface area contributed by atoms with Gasteiger partial charge in [0.1, 0.15) is 17.2 Å². The van der Waals surface area contributed by atoms with Crippen molar-refractivity contribution in [3.63, 3.8) is 0 Å². The molecular weight excluding hydrogens is 420 g/mol. The molecule has 0 heterocycles. The zero-order valence-electron chi connectivity index (χ0n) is 18.5. The predicted molar refractivity (Wildman–Crippen MR) is 140 cm³/mol. The van der Waals surface area contributed by atoms with Gasteiger partial charge in [0.25, 0.3) is 0 Å². The van der Waals surface area contributed by atoms with Gasteiger partial charge in [-0.25, -0.2) is 0 Å². The lowest BCUT2D eigenvalue weighted by atomic mass is 9.94. The third-order valence-electron chi connectivity index (χ3n) is 6.15. The molecular formula is C31H24O3. The molecule has 0 aromatic heterocycles. The summed E-state index contributed by atoms with van der Waals surface area (Å²) in [5, 5.41) is 36.3. The van der Waals surface area contributed by atoms with Gasteiger partial charge < -0.3 is 15.3 Å². The summed E-state index contributed by atoms with van der Waals surface area (Å²) in [5.74, 6) is 0.871. The molecule has 0 saturated carbocycles. The van der Waals surface area contributed by atoms with Gasteiger partial charge in [-0.1, -0.05) is 97.1 Å². The molecule has 34 heavy (non-hydrogen) atoms. The van der Waals surface area contributed by atoms with E-state index in [2.05, 4.69) is 0 Å². The fourth-order valence-electron chi connectivity index (χ4n) is 4.41. The van der Waals surface area contributed by atoms with E-state index in [1.54, 1.807) is 18.2 Å². The molecule has 0 amide bonds. The van der Waals surface area contributed by atoms with E-state index in [9.17, 15) is 15.3 Å². The van der Waals surface area contributed by atoms with Gasteiger partial charge in [0, 0.05) is 22.9 Å². The monoisotopic (exact) mass is 444 g/mol. The fourth-order valence-corrected chi connectivity index (χ4v) is 4.41. The van der Waals surface area contributed by atoms with Crippen molar-refractivity contribution in [1.29, 1.82) is 0 Å². The first-order valence-electron chi connectivity index (χ1n) is 11.2. The van der Waals surface area contributed by atoms with E-state index in [0.29, 0.717) is 12.2 Å². The second-order valence-electron chi connectivity index (χ2n) is 8.24. The molecule has 0 aliphatic rings. The van der Waals surface area contributed by atoms with E-state index in [0.717, 1.165) is 43.4 Å². The molecule has 6 aromatic rings. The SMILES string of the molecule is Oc1ccc2ccccc2c1Cc1c(O)ccc2ccccc12.Oc1cccc2ccccc12. The second kappa shape index (κ2) is 9.16. The molecule has 0 aliphatic carbocycles. The third kappa shape index (κ3) is 4.12. The molecule has 6 rings (SSSR count). The third-order valence-corrected chi connectivity index (χ3v) is 6.15. The van der Waals surface area contributed by atoms with E-state index < -0.39 is 0 Å². The van der Waals surface area contributed by atoms with Crippen molar-refractivity contribution in [3.8, 4) is 17.2 Å². The molecule has 0 fully saturated rings. The maximum atomic E-state index is 10.4. The highest BCUT2D eigenvalue weighted by atomic mass is 16.3. The van der Waals surface area contributed by atoms with Crippen LogP contribution in [0.25, 0.3) is 32.3 Å². The minimum atomic E-state index is 0.260. The maximum Gasteiger partial charge on any atom is 0.123 e. The van der Waals surface area contributed by atoms with Crippen LogP contribution < -0.4 is 0 Å². The van der Waals surface area contributed by atoms with Crippen molar-refractivity contribution in [1.82, 2.24) is 0 Å². The Morgan fingerprint density at radius 2 is 0.765 bits per heavy atom. The maximum absolute atomic E-state index is 10.4. The largest absolute Gasteiger partial charge is 0.508 e. The van der Waals surface area contributed by atoms with Gasteiger partial charge in [-0.3, -0.25) is 0 Å². The number of hydrogen-bond donors (Lipinski definition) is 3. The molecule has 0 saturated heterocycles. The van der Waals surface area contributed by atoms with Crippen molar-refractivity contribution in [2.24, 2.45) is 0 Å². The van der Waals surface area contributed by atoms with Gasteiger partial charge in [0.15, 0.2) is 0 Å². The summed E-state index contributed by atoms with van der Waals surface area (Å²) in [4.78, 5) is 0. The molecule has 0 unspecified atom stereocenters. The lowest BCUT2D eigenvalue weighted by molar-refractivity contribution is 0.464. The minimum absolute atomic E-state index is 0.260. The molecule has 0 radical (unpaired) electrons. The number of fused-ring (bicyclic) bond motifs is 3. The molecule has 0 aliphatic heterocycles. The Kier molecular flexibility index (Phi) is 5.75. The van der Waals surface area contributed by atoms with Gasteiger partial charge in [-0.05, 0) is 45.1 Å². The van der Waals surface area contributed by atoms with Crippen LogP contribution in [0.15, 0.2) is 115 Å². The summed E-state index contributed by atoms with van der Waals surface area (Å²) in [7, 11) is 0. The Bertz CT molecular complexity index is 1530. The average molecular weight is 445 g/mol. The highest BCUT2D eigenvalue weighted by Gasteiger charge is 2.13. The normalized spacial score (nSPS) is 10.8. The van der Waals surface area contributed by atoms with Crippen molar-refractivity contribution >= 4 is 32.3 Å². The minimum Gasteiger partial charge on any atom is -0.508 e. The number of aromatic hydroxyl groups is 3. The molecule has 3 nitrogen and oxygen atoms in total. The van der Waals surface area contributed by atoms with Gasteiger partial charge in [-0.15, -0.1) is 0 Å². The number of phenols is 3. The van der Waals surface area contributed by atoms with Crippen LogP contribution in [0.4, 0.5) is 0 Å². The Hall–Kier alpha value is -4.50. The second-order valence-corrected chi connectivity index (χ2v) is 8.24. The first kappa shape index (κ1) is 21.4. The number of benzene rings is 6. The Morgan fingerprint density at radius 1 is 0.353 bits per heavy atom. The summed E-state index contributed by atoms with van der Waals surface area (Å²) >= 11 is 0. The van der Waals surface area contributed by atoms with E-state index in [-0.39, 0.29) is 11.5 Å². The highest BCUT2D eigenvalue weighted by Crippen LogP contribution is 2.35. The smallest absolute Gasteiger partial charge is 0.123 e. The summed E-state index contributed by atoms with van der Waals surface area (Å²) in [5.41, 5.74) is 1.68. The lowest BCUT2D eigenvalue weighted by Crippen LogP contribution is -1.93. The molecule has 0 atom stereocenters. The highest BCUT2D eigenvalue weighted by molar-refractivity contribution is 5.91. The Labute approximate surface area is 197 Å². The molecule has 0 spiro atoms. The molecule has 0 bridgehead atoms. The average Bonchev–Trinajstić information content (AvgIpc) is 2.88. The van der Waals surface area contributed by atoms with Crippen molar-refractivity contribution in [2.75, 3.05) is 0 Å². The number of phenolic OH excluding ortho intramolecular Hbond substituents is 3. The summed E-state index contributed by atoms with van der Waals surface area (Å²) in [6.07, 6.45) is 0.486. The predicted octanol–water partition coefficient (Wildman–Crippen LogP) is 7.54. The summed E-state index contributed by atoms with van der Waals surface area (Å²) in [6.45, 7) is 0. The first-order valence-corrected chi connectivity index (χ1v) is 11.2. The van der Waals surface area contributed by atoms with E-state index in [1.165, 1.54) is 0 Å². The lowest BCUT2D eigenvalue weighted by Gasteiger charge is -2.13. The van der Waals surface area contributed by atoms with Crippen molar-refractivity contribution in [3.05, 3.63) is 126 Å². The molecule has 3 N–H and O–H groups in total. The Morgan fingerprint density at radius 3 is 1.26 bits per heavy atom. The standard InChI is InChI=1S/C21H16O2.C10H8O/c22-20-11-9-14-5-1-3-7-16(14)18(20)13-19-17-8-4-2-6-15(17)10-12-21(19)23;11-10-7-3-5-8-4-1-2-6-9(8)10/h1-12,22-23H,13H2;1-7,11H. The van der Waals surface area contributed by atoms with Crippen LogP contribution in [-0.2, 0) is 6.42 Å².